The van der Waals surface area contributed by atoms with E-state index >= 15 is 0 Å². The number of nitrogens with zero attached hydrogens (tertiary/aromatic N) is 2. The summed E-state index contributed by atoms with van der Waals surface area (Å²) in [4.78, 5) is 30.5. The highest BCUT2D eigenvalue weighted by atomic mass is 32.2. The molecule has 1 aromatic heterocycles. The van der Waals surface area contributed by atoms with Gasteiger partial charge in [-0.1, -0.05) is 48.0 Å². The summed E-state index contributed by atoms with van der Waals surface area (Å²) in [5.74, 6) is 0.265. The summed E-state index contributed by atoms with van der Waals surface area (Å²) in [7, 11) is 0. The van der Waals surface area contributed by atoms with Crippen molar-refractivity contribution in [3.05, 3.63) is 63.9 Å². The lowest BCUT2D eigenvalue weighted by molar-refractivity contribution is -0.119. The van der Waals surface area contributed by atoms with Gasteiger partial charge in [-0.05, 0) is 50.5 Å². The number of aromatic nitrogens is 2. The molecule has 5 heteroatoms. The van der Waals surface area contributed by atoms with Gasteiger partial charge >= 0.3 is 0 Å². The molecule has 3 aromatic rings. The molecule has 0 saturated heterocycles. The standard InChI is InChI=1S/C22H22N2O2S/c1-14-11-12-18(15(2)13-14)24-21(26)16-7-3-4-8-17(16)23-22(24)27-20-10-6-5-9-19(20)25/h3-4,7-8,11-13,20H,5-6,9-10H2,1-2H3/t20-/m0/s1. The van der Waals surface area contributed by atoms with E-state index in [9.17, 15) is 9.59 Å². The van der Waals surface area contributed by atoms with E-state index in [4.69, 9.17) is 4.98 Å². The van der Waals surface area contributed by atoms with Gasteiger partial charge in [0.15, 0.2) is 5.16 Å². The minimum absolute atomic E-state index is 0.0849. The molecular formula is C22H22N2O2S. The van der Waals surface area contributed by atoms with E-state index in [0.29, 0.717) is 22.5 Å². The van der Waals surface area contributed by atoms with Crippen LogP contribution in [0.4, 0.5) is 0 Å². The van der Waals surface area contributed by atoms with Crippen LogP contribution in [-0.4, -0.2) is 20.6 Å². The molecule has 1 aliphatic rings. The van der Waals surface area contributed by atoms with Crippen molar-refractivity contribution in [2.75, 3.05) is 0 Å². The molecule has 1 fully saturated rings. The zero-order chi connectivity index (χ0) is 19.0. The molecule has 0 radical (unpaired) electrons. The number of ketones is 1. The molecule has 138 valence electrons. The molecule has 0 spiro atoms. The van der Waals surface area contributed by atoms with Crippen LogP contribution in [0.15, 0.2) is 52.4 Å². The van der Waals surface area contributed by atoms with E-state index < -0.39 is 0 Å². The maximum Gasteiger partial charge on any atom is 0.266 e. The number of benzene rings is 2. The van der Waals surface area contributed by atoms with E-state index in [1.165, 1.54) is 11.8 Å². The number of fused-ring (bicyclic) bond motifs is 1. The predicted octanol–water partition coefficient (Wildman–Crippen LogP) is 4.61. The molecule has 0 aliphatic heterocycles. The Kier molecular flexibility index (Phi) is 4.87. The summed E-state index contributed by atoms with van der Waals surface area (Å²) < 4.78 is 1.68. The first-order chi connectivity index (χ1) is 13.0. The van der Waals surface area contributed by atoms with Crippen LogP contribution in [0.2, 0.25) is 0 Å². The van der Waals surface area contributed by atoms with Crippen molar-refractivity contribution < 1.29 is 4.79 Å². The van der Waals surface area contributed by atoms with Gasteiger partial charge in [-0.3, -0.25) is 14.2 Å². The van der Waals surface area contributed by atoms with Crippen LogP contribution in [-0.2, 0) is 4.79 Å². The van der Waals surface area contributed by atoms with Crippen molar-refractivity contribution in [2.24, 2.45) is 0 Å². The molecule has 2 aromatic carbocycles. The van der Waals surface area contributed by atoms with Crippen molar-refractivity contribution in [1.82, 2.24) is 9.55 Å². The highest BCUT2D eigenvalue weighted by Gasteiger charge is 2.26. The molecule has 4 rings (SSSR count). The number of thioether (sulfide) groups is 1. The van der Waals surface area contributed by atoms with E-state index in [1.54, 1.807) is 4.57 Å². The molecule has 0 bridgehead atoms. The Labute approximate surface area is 162 Å². The first-order valence-corrected chi connectivity index (χ1v) is 10.2. The molecule has 0 N–H and O–H groups in total. The van der Waals surface area contributed by atoms with Gasteiger partial charge in [-0.25, -0.2) is 4.98 Å². The molecule has 4 nitrogen and oxygen atoms in total. The van der Waals surface area contributed by atoms with Gasteiger partial charge in [0.05, 0.1) is 21.8 Å². The van der Waals surface area contributed by atoms with Gasteiger partial charge in [-0.15, -0.1) is 0 Å². The third kappa shape index (κ3) is 3.44. The van der Waals surface area contributed by atoms with Gasteiger partial charge in [0.2, 0.25) is 0 Å². The summed E-state index contributed by atoms with van der Waals surface area (Å²) in [5, 5.41) is 1.08. The van der Waals surface area contributed by atoms with Gasteiger partial charge in [-0.2, -0.15) is 0 Å². The fourth-order valence-electron chi connectivity index (χ4n) is 3.66. The summed E-state index contributed by atoms with van der Waals surface area (Å²) >= 11 is 1.44. The number of hydrogen-bond acceptors (Lipinski definition) is 4. The van der Waals surface area contributed by atoms with Crippen molar-refractivity contribution >= 4 is 28.4 Å². The lowest BCUT2D eigenvalue weighted by Crippen LogP contribution is -2.26. The van der Waals surface area contributed by atoms with Crippen LogP contribution < -0.4 is 5.56 Å². The Hall–Kier alpha value is -2.40. The van der Waals surface area contributed by atoms with Gasteiger partial charge in [0.25, 0.3) is 5.56 Å². The van der Waals surface area contributed by atoms with Crippen molar-refractivity contribution in [1.29, 1.82) is 0 Å². The van der Waals surface area contributed by atoms with Crippen LogP contribution in [0.1, 0.15) is 36.8 Å². The number of Topliss-reactive ketones (excluding diaryl/α,β-unsaturated/α-hetero) is 1. The number of rotatable bonds is 3. The first kappa shape index (κ1) is 18.0. The second-order valence-electron chi connectivity index (χ2n) is 7.16. The van der Waals surface area contributed by atoms with Crippen LogP contribution in [0, 0.1) is 13.8 Å². The fourth-order valence-corrected chi connectivity index (χ4v) is 4.89. The smallest absolute Gasteiger partial charge is 0.266 e. The van der Waals surface area contributed by atoms with Crippen molar-refractivity contribution in [3.8, 4) is 5.69 Å². The number of aryl methyl sites for hydroxylation is 2. The number of hydrogen-bond donors (Lipinski definition) is 0. The topological polar surface area (TPSA) is 52.0 Å². The van der Waals surface area contributed by atoms with Crippen molar-refractivity contribution in [2.45, 2.75) is 49.9 Å². The lowest BCUT2D eigenvalue weighted by atomic mass is 9.99. The number of para-hydroxylation sites is 1. The summed E-state index contributed by atoms with van der Waals surface area (Å²) in [6.07, 6.45) is 3.48. The second-order valence-corrected chi connectivity index (χ2v) is 8.33. The van der Waals surface area contributed by atoms with E-state index in [1.807, 2.05) is 50.2 Å². The minimum atomic E-state index is -0.121. The summed E-state index contributed by atoms with van der Waals surface area (Å²) in [6, 6.07) is 13.4. The number of carbonyl (C=O) groups excluding carboxylic acids is 1. The molecule has 1 aliphatic carbocycles. The van der Waals surface area contributed by atoms with Crippen LogP contribution in [0.3, 0.4) is 0 Å². The van der Waals surface area contributed by atoms with E-state index in [0.717, 1.165) is 36.1 Å². The monoisotopic (exact) mass is 378 g/mol. The average Bonchev–Trinajstić information content (AvgIpc) is 2.65. The zero-order valence-electron chi connectivity index (χ0n) is 15.6. The molecular weight excluding hydrogens is 356 g/mol. The molecule has 1 heterocycles. The fraction of sp³-hybridized carbons (Fsp3) is 0.318. The second kappa shape index (κ2) is 7.31. The lowest BCUT2D eigenvalue weighted by Gasteiger charge is -2.22. The van der Waals surface area contributed by atoms with E-state index in [2.05, 4.69) is 6.07 Å². The minimum Gasteiger partial charge on any atom is -0.298 e. The predicted molar refractivity (Wildman–Crippen MR) is 110 cm³/mol. The molecule has 0 amide bonds. The van der Waals surface area contributed by atoms with E-state index in [-0.39, 0.29) is 16.6 Å². The SMILES string of the molecule is Cc1ccc(-n2c(S[C@H]3CCCCC3=O)nc3ccccc3c2=O)c(C)c1. The van der Waals surface area contributed by atoms with Gasteiger partial charge < -0.3 is 0 Å². The Morgan fingerprint density at radius 3 is 2.67 bits per heavy atom. The quantitative estimate of drug-likeness (QED) is 0.625. The van der Waals surface area contributed by atoms with Gasteiger partial charge in [0.1, 0.15) is 5.78 Å². The van der Waals surface area contributed by atoms with Crippen LogP contribution >= 0.6 is 11.8 Å². The zero-order valence-corrected chi connectivity index (χ0v) is 16.4. The Morgan fingerprint density at radius 2 is 1.89 bits per heavy atom. The molecule has 27 heavy (non-hydrogen) atoms. The summed E-state index contributed by atoms with van der Waals surface area (Å²) in [6.45, 7) is 4.04. The van der Waals surface area contributed by atoms with Crippen LogP contribution in [0.5, 0.6) is 0 Å². The first-order valence-electron chi connectivity index (χ1n) is 9.33. The molecule has 0 unspecified atom stereocenters. The Balaban J connectivity index is 1.93. The Bertz CT molecular complexity index is 1090. The normalized spacial score (nSPS) is 17.4. The third-order valence-electron chi connectivity index (χ3n) is 5.08. The van der Waals surface area contributed by atoms with Crippen LogP contribution in [0.25, 0.3) is 16.6 Å². The Morgan fingerprint density at radius 1 is 1.07 bits per heavy atom. The largest absolute Gasteiger partial charge is 0.298 e. The highest BCUT2D eigenvalue weighted by Crippen LogP contribution is 2.32. The molecule has 1 atom stereocenters. The van der Waals surface area contributed by atoms with Crippen molar-refractivity contribution in [3.63, 3.8) is 0 Å². The molecule has 1 saturated carbocycles. The third-order valence-corrected chi connectivity index (χ3v) is 6.35. The highest BCUT2D eigenvalue weighted by molar-refractivity contribution is 8.00. The number of carbonyl (C=O) groups is 1. The van der Waals surface area contributed by atoms with Gasteiger partial charge in [0, 0.05) is 6.42 Å². The average molecular weight is 378 g/mol. The maximum absolute atomic E-state index is 13.3. The summed E-state index contributed by atoms with van der Waals surface area (Å²) in [5.41, 5.74) is 3.59. The maximum atomic E-state index is 13.3.